The Kier molecular flexibility index (Phi) is 4.04. The molecular formula is C17H25N3O. The van der Waals surface area contributed by atoms with Crippen molar-refractivity contribution in [3.63, 3.8) is 0 Å². The molecular weight excluding hydrogens is 262 g/mol. The van der Waals surface area contributed by atoms with Crippen LogP contribution in [-0.4, -0.2) is 16.2 Å². The van der Waals surface area contributed by atoms with Crippen LogP contribution in [0.1, 0.15) is 52.0 Å². The van der Waals surface area contributed by atoms with Gasteiger partial charge in [0, 0.05) is 6.04 Å². The van der Waals surface area contributed by atoms with Crippen molar-refractivity contribution in [3.05, 3.63) is 18.2 Å². The third-order valence-electron chi connectivity index (χ3n) is 4.52. The van der Waals surface area contributed by atoms with Crippen LogP contribution in [0.25, 0.3) is 11.0 Å². The SMILES string of the molecule is CCCOc1cccc2c1nc(N)n2C1CCC(C)CC1. The minimum absolute atomic E-state index is 0.479. The quantitative estimate of drug-likeness (QED) is 0.918. The number of nitrogens with zero attached hydrogens (tertiary/aromatic N) is 2. The molecule has 1 aliphatic carbocycles. The van der Waals surface area contributed by atoms with Crippen molar-refractivity contribution >= 4 is 17.0 Å². The van der Waals surface area contributed by atoms with Crippen molar-refractivity contribution < 1.29 is 4.74 Å². The lowest BCUT2D eigenvalue weighted by Crippen LogP contribution is -2.18. The van der Waals surface area contributed by atoms with E-state index in [0.717, 1.165) is 29.1 Å². The van der Waals surface area contributed by atoms with Gasteiger partial charge in [-0.2, -0.15) is 0 Å². The molecule has 4 heteroatoms. The molecule has 0 unspecified atom stereocenters. The number of fused-ring (bicyclic) bond motifs is 1. The topological polar surface area (TPSA) is 53.1 Å². The predicted octanol–water partition coefficient (Wildman–Crippen LogP) is 4.16. The Morgan fingerprint density at radius 2 is 2.05 bits per heavy atom. The fourth-order valence-electron chi connectivity index (χ4n) is 3.32. The molecule has 1 aromatic carbocycles. The first kappa shape index (κ1) is 14.2. The van der Waals surface area contributed by atoms with Crippen LogP contribution in [0, 0.1) is 5.92 Å². The third kappa shape index (κ3) is 2.71. The molecule has 0 radical (unpaired) electrons. The second-order valence-corrected chi connectivity index (χ2v) is 6.23. The molecule has 21 heavy (non-hydrogen) atoms. The van der Waals surface area contributed by atoms with Gasteiger partial charge in [0.15, 0.2) is 0 Å². The first-order valence-electron chi connectivity index (χ1n) is 8.10. The Morgan fingerprint density at radius 1 is 1.29 bits per heavy atom. The zero-order chi connectivity index (χ0) is 14.8. The Balaban J connectivity index is 1.97. The Hall–Kier alpha value is -1.71. The van der Waals surface area contributed by atoms with E-state index in [0.29, 0.717) is 18.6 Å². The number of nitrogens with two attached hydrogens (primary N) is 1. The van der Waals surface area contributed by atoms with Crippen molar-refractivity contribution in [1.29, 1.82) is 0 Å². The molecule has 0 saturated heterocycles. The summed E-state index contributed by atoms with van der Waals surface area (Å²) in [7, 11) is 0. The maximum absolute atomic E-state index is 6.21. The highest BCUT2D eigenvalue weighted by atomic mass is 16.5. The van der Waals surface area contributed by atoms with Crippen LogP contribution in [0.3, 0.4) is 0 Å². The van der Waals surface area contributed by atoms with Crippen molar-refractivity contribution in [3.8, 4) is 5.75 Å². The van der Waals surface area contributed by atoms with Gasteiger partial charge >= 0.3 is 0 Å². The lowest BCUT2D eigenvalue weighted by atomic mass is 9.87. The maximum atomic E-state index is 6.21. The molecule has 1 aliphatic rings. The summed E-state index contributed by atoms with van der Waals surface area (Å²) in [6.07, 6.45) is 5.92. The minimum Gasteiger partial charge on any atom is -0.491 e. The molecule has 0 spiro atoms. The summed E-state index contributed by atoms with van der Waals surface area (Å²) in [5, 5.41) is 0. The summed E-state index contributed by atoms with van der Waals surface area (Å²) >= 11 is 0. The molecule has 0 aliphatic heterocycles. The van der Waals surface area contributed by atoms with E-state index in [2.05, 4.69) is 29.5 Å². The fraction of sp³-hybridized carbons (Fsp3) is 0.588. The molecule has 1 saturated carbocycles. The van der Waals surface area contributed by atoms with Crippen LogP contribution >= 0.6 is 0 Å². The van der Waals surface area contributed by atoms with E-state index >= 15 is 0 Å². The number of hydrogen-bond donors (Lipinski definition) is 1. The van der Waals surface area contributed by atoms with Gasteiger partial charge in [-0.3, -0.25) is 0 Å². The number of ether oxygens (including phenoxy) is 1. The summed E-state index contributed by atoms with van der Waals surface area (Å²) in [4.78, 5) is 4.58. The van der Waals surface area contributed by atoms with E-state index in [1.807, 2.05) is 12.1 Å². The molecule has 1 aromatic heterocycles. The number of rotatable bonds is 4. The van der Waals surface area contributed by atoms with Crippen LogP contribution in [-0.2, 0) is 0 Å². The van der Waals surface area contributed by atoms with Crippen molar-refractivity contribution in [2.75, 3.05) is 12.3 Å². The van der Waals surface area contributed by atoms with Crippen molar-refractivity contribution in [2.45, 2.75) is 52.0 Å². The highest BCUT2D eigenvalue weighted by Gasteiger charge is 2.24. The van der Waals surface area contributed by atoms with Crippen LogP contribution in [0.5, 0.6) is 5.75 Å². The van der Waals surface area contributed by atoms with E-state index in [1.165, 1.54) is 25.7 Å². The average Bonchev–Trinajstić information content (AvgIpc) is 2.83. The second kappa shape index (κ2) is 5.96. The van der Waals surface area contributed by atoms with E-state index in [4.69, 9.17) is 10.5 Å². The lowest BCUT2D eigenvalue weighted by molar-refractivity contribution is 0.296. The zero-order valence-electron chi connectivity index (χ0n) is 13.0. The number of imidazole rings is 1. The van der Waals surface area contributed by atoms with Crippen molar-refractivity contribution in [1.82, 2.24) is 9.55 Å². The van der Waals surface area contributed by atoms with Crippen LogP contribution in [0.4, 0.5) is 5.95 Å². The largest absolute Gasteiger partial charge is 0.491 e. The number of nitrogen functional groups attached to an aromatic ring is 1. The summed E-state index contributed by atoms with van der Waals surface area (Å²) in [6.45, 7) is 5.16. The van der Waals surface area contributed by atoms with Gasteiger partial charge in [-0.05, 0) is 50.2 Å². The van der Waals surface area contributed by atoms with Crippen LogP contribution in [0.2, 0.25) is 0 Å². The van der Waals surface area contributed by atoms with Crippen LogP contribution < -0.4 is 10.5 Å². The number of hydrogen-bond acceptors (Lipinski definition) is 3. The van der Waals surface area contributed by atoms with Crippen LogP contribution in [0.15, 0.2) is 18.2 Å². The molecule has 0 atom stereocenters. The second-order valence-electron chi connectivity index (χ2n) is 6.23. The van der Waals surface area contributed by atoms with Gasteiger partial charge in [0.05, 0.1) is 12.1 Å². The van der Waals surface area contributed by atoms with E-state index in [9.17, 15) is 0 Å². The number of anilines is 1. The minimum atomic E-state index is 0.479. The summed E-state index contributed by atoms with van der Waals surface area (Å²) < 4.78 is 8.03. The Labute approximate surface area is 126 Å². The van der Waals surface area contributed by atoms with E-state index in [1.54, 1.807) is 0 Å². The van der Waals surface area contributed by atoms with E-state index in [-0.39, 0.29) is 0 Å². The van der Waals surface area contributed by atoms with Gasteiger partial charge in [0.1, 0.15) is 11.3 Å². The van der Waals surface area contributed by atoms with Crippen molar-refractivity contribution in [2.24, 2.45) is 5.92 Å². The highest BCUT2D eigenvalue weighted by molar-refractivity contribution is 5.84. The molecule has 4 nitrogen and oxygen atoms in total. The normalized spacial score (nSPS) is 22.6. The standard InChI is InChI=1S/C17H25N3O/c1-3-11-21-15-6-4-5-14-16(15)19-17(18)20(14)13-9-7-12(2)8-10-13/h4-6,12-13H,3,7-11H2,1-2H3,(H2,18,19). The number of aromatic nitrogens is 2. The summed E-state index contributed by atoms with van der Waals surface area (Å²) in [5.74, 6) is 2.31. The highest BCUT2D eigenvalue weighted by Crippen LogP contribution is 2.37. The maximum Gasteiger partial charge on any atom is 0.201 e. The van der Waals surface area contributed by atoms with Gasteiger partial charge < -0.3 is 15.0 Å². The summed E-state index contributed by atoms with van der Waals surface area (Å²) in [6, 6.07) is 6.61. The number of para-hydroxylation sites is 1. The van der Waals surface area contributed by atoms with Gasteiger partial charge in [-0.1, -0.05) is 19.9 Å². The number of benzene rings is 1. The van der Waals surface area contributed by atoms with Gasteiger partial charge in [0.25, 0.3) is 0 Å². The molecule has 1 fully saturated rings. The molecule has 1 heterocycles. The predicted molar refractivity (Wildman–Crippen MR) is 86.6 cm³/mol. The first-order chi connectivity index (χ1) is 10.2. The molecule has 114 valence electrons. The Bertz CT molecular complexity index is 612. The lowest BCUT2D eigenvalue weighted by Gasteiger charge is -2.28. The first-order valence-corrected chi connectivity index (χ1v) is 8.10. The average molecular weight is 287 g/mol. The fourth-order valence-corrected chi connectivity index (χ4v) is 3.32. The Morgan fingerprint density at radius 3 is 2.76 bits per heavy atom. The smallest absolute Gasteiger partial charge is 0.201 e. The summed E-state index contributed by atoms with van der Waals surface area (Å²) in [5.41, 5.74) is 8.23. The van der Waals surface area contributed by atoms with E-state index < -0.39 is 0 Å². The monoisotopic (exact) mass is 287 g/mol. The third-order valence-corrected chi connectivity index (χ3v) is 4.52. The van der Waals surface area contributed by atoms with Gasteiger partial charge in [-0.15, -0.1) is 0 Å². The molecule has 2 N–H and O–H groups in total. The molecule has 2 aromatic rings. The van der Waals surface area contributed by atoms with Gasteiger partial charge in [-0.25, -0.2) is 4.98 Å². The molecule has 0 amide bonds. The zero-order valence-corrected chi connectivity index (χ0v) is 13.0. The molecule has 3 rings (SSSR count). The molecule has 0 bridgehead atoms. The van der Waals surface area contributed by atoms with Gasteiger partial charge in [0.2, 0.25) is 5.95 Å².